The number of hydrogen-bond acceptors (Lipinski definition) is 3. The third-order valence-electron chi connectivity index (χ3n) is 3.69. The van der Waals surface area contributed by atoms with Crippen LogP contribution >= 0.6 is 0 Å². The van der Waals surface area contributed by atoms with Gasteiger partial charge >= 0.3 is 0 Å². The lowest BCUT2D eigenvalue weighted by atomic mass is 9.85. The first-order chi connectivity index (χ1) is 9.36. The molecule has 2 atom stereocenters. The van der Waals surface area contributed by atoms with E-state index in [1.54, 1.807) is 7.11 Å². The average molecular weight is 263 g/mol. The quantitative estimate of drug-likeness (QED) is 0.767. The summed E-state index contributed by atoms with van der Waals surface area (Å²) in [7, 11) is 1.71. The zero-order chi connectivity index (χ0) is 13.5. The highest BCUT2D eigenvalue weighted by atomic mass is 16.5. The molecule has 0 heterocycles. The van der Waals surface area contributed by atoms with E-state index in [1.165, 1.54) is 11.1 Å². The van der Waals surface area contributed by atoms with Crippen LogP contribution in [-0.4, -0.2) is 33.0 Å². The van der Waals surface area contributed by atoms with Crippen molar-refractivity contribution < 1.29 is 9.47 Å². The van der Waals surface area contributed by atoms with Crippen molar-refractivity contribution in [1.29, 1.82) is 0 Å². The predicted octanol–water partition coefficient (Wildman–Crippen LogP) is 2.71. The first-order valence-electron chi connectivity index (χ1n) is 7.28. The maximum absolute atomic E-state index is 6.00. The lowest BCUT2D eigenvalue weighted by molar-refractivity contribution is -0.0101. The Morgan fingerprint density at radius 1 is 1.26 bits per heavy atom. The number of fused-ring (bicyclic) bond motifs is 1. The molecule has 0 aliphatic heterocycles. The van der Waals surface area contributed by atoms with Gasteiger partial charge in [0.2, 0.25) is 0 Å². The van der Waals surface area contributed by atoms with E-state index in [9.17, 15) is 0 Å². The van der Waals surface area contributed by atoms with E-state index in [1.807, 2.05) is 0 Å². The molecule has 1 aromatic carbocycles. The molecule has 3 nitrogen and oxygen atoms in total. The van der Waals surface area contributed by atoms with E-state index < -0.39 is 0 Å². The van der Waals surface area contributed by atoms with Crippen LogP contribution in [0.4, 0.5) is 0 Å². The summed E-state index contributed by atoms with van der Waals surface area (Å²) in [5.74, 6) is 0. The Bertz CT molecular complexity index is 381. The summed E-state index contributed by atoms with van der Waals surface area (Å²) in [6.45, 7) is 4.57. The van der Waals surface area contributed by atoms with E-state index in [0.29, 0.717) is 19.3 Å². The highest BCUT2D eigenvalue weighted by Gasteiger charge is 2.29. The number of benzene rings is 1. The van der Waals surface area contributed by atoms with Crippen molar-refractivity contribution in [2.75, 3.05) is 26.9 Å². The van der Waals surface area contributed by atoms with Crippen molar-refractivity contribution >= 4 is 0 Å². The minimum Gasteiger partial charge on any atom is -0.382 e. The van der Waals surface area contributed by atoms with Crippen LogP contribution in [0.1, 0.15) is 36.9 Å². The molecule has 106 valence electrons. The zero-order valence-corrected chi connectivity index (χ0v) is 12.0. The zero-order valence-electron chi connectivity index (χ0n) is 12.0. The molecule has 0 bridgehead atoms. The molecule has 0 saturated heterocycles. The second-order valence-electron chi connectivity index (χ2n) is 5.07. The highest BCUT2D eigenvalue weighted by Crippen LogP contribution is 2.31. The number of rotatable bonds is 7. The molecular formula is C16H25NO2. The Morgan fingerprint density at radius 3 is 2.89 bits per heavy atom. The fourth-order valence-corrected chi connectivity index (χ4v) is 2.73. The number of ether oxygens (including phenoxy) is 2. The van der Waals surface area contributed by atoms with Crippen LogP contribution < -0.4 is 5.32 Å². The SMILES string of the molecule is CCCNC1c2ccccc2CCC1OCCOC. The third kappa shape index (κ3) is 3.78. The van der Waals surface area contributed by atoms with Gasteiger partial charge < -0.3 is 14.8 Å². The molecule has 0 saturated carbocycles. The third-order valence-corrected chi connectivity index (χ3v) is 3.69. The fraction of sp³-hybridized carbons (Fsp3) is 0.625. The second-order valence-corrected chi connectivity index (χ2v) is 5.07. The molecule has 2 rings (SSSR count). The molecule has 0 fully saturated rings. The van der Waals surface area contributed by atoms with Crippen molar-refractivity contribution in [3.63, 3.8) is 0 Å². The highest BCUT2D eigenvalue weighted by molar-refractivity contribution is 5.33. The van der Waals surface area contributed by atoms with E-state index in [4.69, 9.17) is 9.47 Å². The van der Waals surface area contributed by atoms with Crippen LogP contribution in [0, 0.1) is 0 Å². The summed E-state index contributed by atoms with van der Waals surface area (Å²) in [5, 5.41) is 3.64. The summed E-state index contributed by atoms with van der Waals surface area (Å²) in [4.78, 5) is 0. The van der Waals surface area contributed by atoms with E-state index in [2.05, 4.69) is 36.5 Å². The van der Waals surface area contributed by atoms with Gasteiger partial charge in [0, 0.05) is 7.11 Å². The van der Waals surface area contributed by atoms with Gasteiger partial charge in [-0.25, -0.2) is 0 Å². The summed E-state index contributed by atoms with van der Waals surface area (Å²) >= 11 is 0. The minimum absolute atomic E-state index is 0.261. The second kappa shape index (κ2) is 7.63. The number of nitrogens with one attached hydrogen (secondary N) is 1. The molecule has 19 heavy (non-hydrogen) atoms. The molecular weight excluding hydrogens is 238 g/mol. The molecule has 3 heteroatoms. The van der Waals surface area contributed by atoms with Gasteiger partial charge in [-0.1, -0.05) is 31.2 Å². The van der Waals surface area contributed by atoms with Crippen molar-refractivity contribution in [2.45, 2.75) is 38.3 Å². The van der Waals surface area contributed by atoms with E-state index in [0.717, 1.165) is 25.8 Å². The Morgan fingerprint density at radius 2 is 2.11 bits per heavy atom. The number of aryl methyl sites for hydroxylation is 1. The van der Waals surface area contributed by atoms with E-state index >= 15 is 0 Å². The molecule has 0 aromatic heterocycles. The van der Waals surface area contributed by atoms with Crippen LogP contribution in [-0.2, 0) is 15.9 Å². The largest absolute Gasteiger partial charge is 0.382 e. The predicted molar refractivity (Wildman–Crippen MR) is 77.4 cm³/mol. The first-order valence-corrected chi connectivity index (χ1v) is 7.28. The topological polar surface area (TPSA) is 30.5 Å². The Hall–Kier alpha value is -0.900. The molecule has 1 aromatic rings. The van der Waals surface area contributed by atoms with Gasteiger partial charge in [0.05, 0.1) is 25.4 Å². The normalized spacial score (nSPS) is 22.2. The molecule has 0 amide bonds. The fourth-order valence-electron chi connectivity index (χ4n) is 2.73. The van der Waals surface area contributed by atoms with Crippen molar-refractivity contribution in [2.24, 2.45) is 0 Å². The Kier molecular flexibility index (Phi) is 5.83. The molecule has 1 aliphatic rings. The first kappa shape index (κ1) is 14.5. The summed E-state index contributed by atoms with van der Waals surface area (Å²) in [5.41, 5.74) is 2.87. The van der Waals surface area contributed by atoms with Crippen LogP contribution in [0.2, 0.25) is 0 Å². The van der Waals surface area contributed by atoms with Gasteiger partial charge in [0.15, 0.2) is 0 Å². The monoisotopic (exact) mass is 263 g/mol. The van der Waals surface area contributed by atoms with Crippen LogP contribution in [0.3, 0.4) is 0 Å². The Balaban J connectivity index is 2.07. The van der Waals surface area contributed by atoms with Gasteiger partial charge in [-0.15, -0.1) is 0 Å². The summed E-state index contributed by atoms with van der Waals surface area (Å²) in [6.07, 6.45) is 3.60. The number of methoxy groups -OCH3 is 1. The van der Waals surface area contributed by atoms with Crippen LogP contribution in [0.15, 0.2) is 24.3 Å². The van der Waals surface area contributed by atoms with Crippen LogP contribution in [0.5, 0.6) is 0 Å². The summed E-state index contributed by atoms with van der Waals surface area (Å²) in [6, 6.07) is 9.04. The molecule has 2 unspecified atom stereocenters. The molecule has 1 N–H and O–H groups in total. The number of hydrogen-bond donors (Lipinski definition) is 1. The lowest BCUT2D eigenvalue weighted by Gasteiger charge is -2.34. The van der Waals surface area contributed by atoms with E-state index in [-0.39, 0.29) is 6.10 Å². The molecule has 0 radical (unpaired) electrons. The Labute approximate surface area is 116 Å². The maximum atomic E-state index is 6.00. The van der Waals surface area contributed by atoms with Crippen molar-refractivity contribution in [1.82, 2.24) is 5.32 Å². The van der Waals surface area contributed by atoms with Gasteiger partial charge in [-0.05, 0) is 36.9 Å². The van der Waals surface area contributed by atoms with Gasteiger partial charge in [0.1, 0.15) is 0 Å². The minimum atomic E-state index is 0.261. The van der Waals surface area contributed by atoms with Crippen LogP contribution in [0.25, 0.3) is 0 Å². The molecule has 1 aliphatic carbocycles. The van der Waals surface area contributed by atoms with Gasteiger partial charge in [-0.2, -0.15) is 0 Å². The standard InChI is InChI=1S/C16H25NO2/c1-3-10-17-16-14-7-5-4-6-13(14)8-9-15(16)19-12-11-18-2/h4-7,15-17H,3,8-12H2,1-2H3. The summed E-state index contributed by atoms with van der Waals surface area (Å²) < 4.78 is 11.1. The lowest BCUT2D eigenvalue weighted by Crippen LogP contribution is -2.38. The molecule has 0 spiro atoms. The van der Waals surface area contributed by atoms with Crippen molar-refractivity contribution in [3.05, 3.63) is 35.4 Å². The van der Waals surface area contributed by atoms with Gasteiger partial charge in [-0.3, -0.25) is 0 Å². The average Bonchev–Trinajstić information content (AvgIpc) is 2.46. The van der Waals surface area contributed by atoms with Crippen molar-refractivity contribution in [3.8, 4) is 0 Å². The smallest absolute Gasteiger partial charge is 0.0774 e. The maximum Gasteiger partial charge on any atom is 0.0774 e. The van der Waals surface area contributed by atoms with Gasteiger partial charge in [0.25, 0.3) is 0 Å².